The molecule has 2 N–H and O–H groups in total. The molecule has 1 spiro atoms. The zero-order valence-electron chi connectivity index (χ0n) is 18.1. The minimum atomic E-state index is -0.250. The van der Waals surface area contributed by atoms with Crippen LogP contribution < -0.4 is 10.1 Å². The molecule has 11 heteroatoms. The predicted molar refractivity (Wildman–Crippen MR) is 110 cm³/mol. The molecule has 0 aliphatic carbocycles. The molecular formula is C21H27N5O6. The van der Waals surface area contributed by atoms with Crippen molar-refractivity contribution in [3.63, 3.8) is 0 Å². The molecule has 3 fully saturated rings. The Morgan fingerprint density at radius 2 is 2.28 bits per heavy atom. The molecule has 3 saturated heterocycles. The van der Waals surface area contributed by atoms with Gasteiger partial charge in [0.05, 0.1) is 25.4 Å². The first-order valence-electron chi connectivity index (χ1n) is 10.5. The van der Waals surface area contributed by atoms with Crippen molar-refractivity contribution in [1.29, 1.82) is 0 Å². The van der Waals surface area contributed by atoms with Crippen LogP contribution in [0.15, 0.2) is 22.7 Å². The first-order chi connectivity index (χ1) is 15.5. The van der Waals surface area contributed by atoms with Crippen LogP contribution in [-0.2, 0) is 16.1 Å². The number of methoxy groups -OCH3 is 1. The van der Waals surface area contributed by atoms with Crippen LogP contribution in [0.5, 0.6) is 5.88 Å². The van der Waals surface area contributed by atoms with E-state index in [4.69, 9.17) is 23.8 Å². The molecular weight excluding hydrogens is 418 g/mol. The zero-order chi connectivity index (χ0) is 22.7. The van der Waals surface area contributed by atoms with Crippen LogP contribution in [0.4, 0.5) is 0 Å². The standard InChI is InChI=1S/C20H25N5O4.CH2O2/c1-12-23-24-18(28-12)10-25-9-15-14(16-3-5-20(15,11-25)29-16)8-22-19(26)13-4-6-21-17(7-13)27-2;2-1-3/h4,6-7,14-16H,3,5,8-11H2,1-2H3,(H,22,26);1H,(H,2,3)/t14-,15+,16+,20+;/m0./s1. The number of nitrogens with zero attached hydrogens (tertiary/aromatic N) is 4. The number of amides is 1. The van der Waals surface area contributed by atoms with Gasteiger partial charge in [-0.1, -0.05) is 0 Å². The SMILES string of the molecule is COc1cc(C(=O)NC[C@H]2[C@H]3CN(Cc4nnc(C)o4)C[C@]34CC[C@H]2O4)ccn1.O=CO. The van der Waals surface area contributed by atoms with E-state index in [0.29, 0.717) is 48.2 Å². The van der Waals surface area contributed by atoms with Crippen molar-refractivity contribution in [2.75, 3.05) is 26.7 Å². The number of hydrogen-bond donors (Lipinski definition) is 2. The average molecular weight is 445 g/mol. The van der Waals surface area contributed by atoms with Gasteiger partial charge in [-0.2, -0.15) is 0 Å². The summed E-state index contributed by atoms with van der Waals surface area (Å²) in [5, 5.41) is 18.0. The van der Waals surface area contributed by atoms with Gasteiger partial charge in [-0.3, -0.25) is 14.5 Å². The van der Waals surface area contributed by atoms with E-state index in [9.17, 15) is 4.79 Å². The highest BCUT2D eigenvalue weighted by atomic mass is 16.5. The van der Waals surface area contributed by atoms with Crippen molar-refractivity contribution in [1.82, 2.24) is 25.4 Å². The Kier molecular flexibility index (Phi) is 6.38. The Hall–Kier alpha value is -3.05. The second-order valence-corrected chi connectivity index (χ2v) is 8.32. The molecule has 0 unspecified atom stereocenters. The van der Waals surface area contributed by atoms with Crippen LogP contribution in [0.25, 0.3) is 0 Å². The van der Waals surface area contributed by atoms with Gasteiger partial charge in [-0.25, -0.2) is 4.98 Å². The number of nitrogens with one attached hydrogen (secondary N) is 1. The number of carboxylic acid groups (broad SMARTS) is 1. The Morgan fingerprint density at radius 1 is 1.47 bits per heavy atom. The predicted octanol–water partition coefficient (Wildman–Crippen LogP) is 0.892. The Labute approximate surface area is 185 Å². The summed E-state index contributed by atoms with van der Waals surface area (Å²) in [5.41, 5.74) is 0.449. The number of carbonyl (C=O) groups excluding carboxylic acids is 1. The Bertz CT molecular complexity index is 968. The maximum Gasteiger partial charge on any atom is 0.290 e. The van der Waals surface area contributed by atoms with Crippen LogP contribution in [0.1, 0.15) is 35.0 Å². The van der Waals surface area contributed by atoms with Crippen LogP contribution in [0.3, 0.4) is 0 Å². The van der Waals surface area contributed by atoms with E-state index in [1.807, 2.05) is 0 Å². The quantitative estimate of drug-likeness (QED) is 0.616. The Morgan fingerprint density at radius 3 is 3.00 bits per heavy atom. The lowest BCUT2D eigenvalue weighted by molar-refractivity contribution is -0.122. The van der Waals surface area contributed by atoms with Gasteiger partial charge < -0.3 is 24.3 Å². The number of carbonyl (C=O) groups is 2. The molecule has 11 nitrogen and oxygen atoms in total. The van der Waals surface area contributed by atoms with Crippen molar-refractivity contribution in [3.8, 4) is 5.88 Å². The molecule has 2 bridgehead atoms. The van der Waals surface area contributed by atoms with Gasteiger partial charge in [0.2, 0.25) is 17.7 Å². The molecule has 0 aromatic carbocycles. The monoisotopic (exact) mass is 445 g/mol. The fourth-order valence-corrected chi connectivity index (χ4v) is 5.25. The summed E-state index contributed by atoms with van der Waals surface area (Å²) in [6.07, 6.45) is 3.93. The maximum atomic E-state index is 12.6. The second kappa shape index (κ2) is 9.21. The third-order valence-corrected chi connectivity index (χ3v) is 6.49. The summed E-state index contributed by atoms with van der Waals surface area (Å²) >= 11 is 0. The largest absolute Gasteiger partial charge is 0.483 e. The minimum absolute atomic E-state index is 0.102. The average Bonchev–Trinajstić information content (AvgIpc) is 3.53. The van der Waals surface area contributed by atoms with Gasteiger partial charge in [0.15, 0.2) is 0 Å². The summed E-state index contributed by atoms with van der Waals surface area (Å²) in [6.45, 7) is 4.59. The minimum Gasteiger partial charge on any atom is -0.483 e. The van der Waals surface area contributed by atoms with Gasteiger partial charge in [0.25, 0.3) is 12.4 Å². The first-order valence-corrected chi connectivity index (χ1v) is 10.5. The summed E-state index contributed by atoms with van der Waals surface area (Å²) in [7, 11) is 1.54. The van der Waals surface area contributed by atoms with Crippen LogP contribution in [-0.4, -0.2) is 76.0 Å². The van der Waals surface area contributed by atoms with E-state index < -0.39 is 0 Å². The molecule has 0 radical (unpaired) electrons. The lowest BCUT2D eigenvalue weighted by Gasteiger charge is -2.29. The van der Waals surface area contributed by atoms with Gasteiger partial charge in [-0.05, 0) is 18.9 Å². The topological polar surface area (TPSA) is 140 Å². The number of pyridine rings is 1. The number of ether oxygens (including phenoxy) is 2. The number of fused-ring (bicyclic) bond motifs is 1. The molecule has 4 atom stereocenters. The Balaban J connectivity index is 0.000000775. The lowest BCUT2D eigenvalue weighted by atomic mass is 9.73. The molecule has 3 aliphatic heterocycles. The molecule has 2 aromatic heterocycles. The molecule has 3 aliphatic rings. The van der Waals surface area contributed by atoms with E-state index in [2.05, 4.69) is 25.4 Å². The fraction of sp³-hybridized carbons (Fsp3) is 0.571. The molecule has 5 rings (SSSR count). The molecule has 5 heterocycles. The summed E-state index contributed by atoms with van der Waals surface area (Å²) in [5.74, 6) is 2.26. The number of hydrogen-bond acceptors (Lipinski definition) is 9. The third-order valence-electron chi connectivity index (χ3n) is 6.49. The number of likely N-dealkylation sites (tertiary alicyclic amines) is 1. The number of aryl methyl sites for hydroxylation is 1. The van der Waals surface area contributed by atoms with Crippen LogP contribution in [0.2, 0.25) is 0 Å². The maximum absolute atomic E-state index is 12.6. The normalized spacial score (nSPS) is 28.0. The number of aromatic nitrogens is 3. The van der Waals surface area contributed by atoms with Crippen molar-refractivity contribution in [3.05, 3.63) is 35.7 Å². The van der Waals surface area contributed by atoms with Gasteiger partial charge in [0, 0.05) is 56.2 Å². The number of rotatable bonds is 6. The lowest BCUT2D eigenvalue weighted by Crippen LogP contribution is -2.41. The molecule has 2 aromatic rings. The van der Waals surface area contributed by atoms with E-state index in [1.165, 1.54) is 7.11 Å². The highest BCUT2D eigenvalue weighted by Gasteiger charge is 2.62. The zero-order valence-corrected chi connectivity index (χ0v) is 18.1. The summed E-state index contributed by atoms with van der Waals surface area (Å²) in [4.78, 5) is 27.3. The van der Waals surface area contributed by atoms with Crippen molar-refractivity contribution < 1.29 is 28.6 Å². The summed E-state index contributed by atoms with van der Waals surface area (Å²) < 4.78 is 17.1. The van der Waals surface area contributed by atoms with E-state index in [0.717, 1.165) is 25.9 Å². The molecule has 172 valence electrons. The van der Waals surface area contributed by atoms with E-state index in [1.54, 1.807) is 25.3 Å². The fourth-order valence-electron chi connectivity index (χ4n) is 5.25. The second-order valence-electron chi connectivity index (χ2n) is 8.32. The van der Waals surface area contributed by atoms with Crippen molar-refractivity contribution >= 4 is 12.4 Å². The first kappa shape index (κ1) is 22.2. The van der Waals surface area contributed by atoms with Gasteiger partial charge in [0.1, 0.15) is 0 Å². The van der Waals surface area contributed by atoms with Gasteiger partial charge >= 0.3 is 0 Å². The van der Waals surface area contributed by atoms with Gasteiger partial charge in [-0.15, -0.1) is 10.2 Å². The molecule has 32 heavy (non-hydrogen) atoms. The molecule has 0 saturated carbocycles. The van der Waals surface area contributed by atoms with Crippen LogP contribution in [0, 0.1) is 18.8 Å². The van der Waals surface area contributed by atoms with Crippen LogP contribution >= 0.6 is 0 Å². The van der Waals surface area contributed by atoms with E-state index in [-0.39, 0.29) is 24.1 Å². The molecule has 1 amide bonds. The smallest absolute Gasteiger partial charge is 0.290 e. The third kappa shape index (κ3) is 4.30. The van der Waals surface area contributed by atoms with E-state index >= 15 is 0 Å². The highest BCUT2D eigenvalue weighted by molar-refractivity contribution is 5.94. The van der Waals surface area contributed by atoms with Crippen molar-refractivity contribution in [2.24, 2.45) is 11.8 Å². The van der Waals surface area contributed by atoms with Crippen molar-refractivity contribution in [2.45, 2.75) is 38.0 Å². The summed E-state index contributed by atoms with van der Waals surface area (Å²) in [6, 6.07) is 3.35. The highest BCUT2D eigenvalue weighted by Crippen LogP contribution is 2.54.